The number of amides is 1. The highest BCUT2D eigenvalue weighted by Crippen LogP contribution is 2.30. The SMILES string of the molecule is CC(C)(C)C(Oc1ccccc1)[C@@H](O)CN(C[C@H]1CCc2cc(I)ccc2O1)C(=O)O. The number of fused-ring (bicyclic) bond motifs is 1. The number of nitrogens with zero attached hydrogens (tertiary/aromatic N) is 1. The van der Waals surface area contributed by atoms with Crippen LogP contribution in [0.15, 0.2) is 48.5 Å². The number of hydrogen-bond acceptors (Lipinski definition) is 4. The second kappa shape index (κ2) is 10.1. The average Bonchev–Trinajstić information content (AvgIpc) is 2.71. The van der Waals surface area contributed by atoms with Crippen molar-refractivity contribution < 1.29 is 24.5 Å². The fourth-order valence-corrected chi connectivity index (χ4v) is 4.37. The highest BCUT2D eigenvalue weighted by molar-refractivity contribution is 14.1. The number of carboxylic acid groups (broad SMARTS) is 1. The lowest BCUT2D eigenvalue weighted by Crippen LogP contribution is -2.51. The van der Waals surface area contributed by atoms with Crippen LogP contribution in [0.3, 0.4) is 0 Å². The first-order valence-electron chi connectivity index (χ1n) is 10.5. The maximum Gasteiger partial charge on any atom is 0.407 e. The van der Waals surface area contributed by atoms with Crippen molar-refractivity contribution >= 4 is 28.7 Å². The van der Waals surface area contributed by atoms with E-state index in [4.69, 9.17) is 9.47 Å². The Kier molecular flexibility index (Phi) is 7.69. The molecule has 3 atom stereocenters. The first-order valence-corrected chi connectivity index (χ1v) is 11.5. The molecular weight excluding hydrogens is 509 g/mol. The molecule has 0 fully saturated rings. The van der Waals surface area contributed by atoms with Gasteiger partial charge in [0.2, 0.25) is 0 Å². The summed E-state index contributed by atoms with van der Waals surface area (Å²) in [5.41, 5.74) is 0.755. The predicted octanol–water partition coefficient (Wildman–Crippen LogP) is 4.82. The van der Waals surface area contributed by atoms with Crippen molar-refractivity contribution in [3.8, 4) is 11.5 Å². The molecule has 1 aliphatic heterocycles. The molecule has 1 unspecified atom stereocenters. The number of carbonyl (C=O) groups is 1. The van der Waals surface area contributed by atoms with Gasteiger partial charge in [-0.1, -0.05) is 39.0 Å². The lowest BCUT2D eigenvalue weighted by molar-refractivity contribution is -0.0423. The standard InChI is InChI=1S/C24H30INO5/c1-24(2,3)22(31-18-7-5-4-6-8-18)20(27)15-26(23(28)29)14-19-11-9-16-13-17(25)10-12-21(16)30-19/h4-8,10,12-13,19-20,22,27H,9,11,14-15H2,1-3H3,(H,28,29)/t19-,20+,22?/m1/s1. The molecule has 6 nitrogen and oxygen atoms in total. The Labute approximate surface area is 197 Å². The highest BCUT2D eigenvalue weighted by atomic mass is 127. The maximum absolute atomic E-state index is 11.9. The molecular formula is C24H30INO5. The van der Waals surface area contributed by atoms with Gasteiger partial charge in [0.05, 0.1) is 13.1 Å². The van der Waals surface area contributed by atoms with Gasteiger partial charge in [0.1, 0.15) is 29.8 Å². The van der Waals surface area contributed by atoms with Crippen LogP contribution in [0.1, 0.15) is 32.8 Å². The fourth-order valence-electron chi connectivity index (χ4n) is 3.82. The molecule has 1 heterocycles. The second-order valence-corrected chi connectivity index (χ2v) is 10.2. The molecule has 0 radical (unpaired) electrons. The molecule has 7 heteroatoms. The van der Waals surface area contributed by atoms with E-state index in [0.29, 0.717) is 5.75 Å². The fraction of sp³-hybridized carbons (Fsp3) is 0.458. The van der Waals surface area contributed by atoms with Gasteiger partial charge in [0.25, 0.3) is 0 Å². The van der Waals surface area contributed by atoms with E-state index in [2.05, 4.69) is 28.7 Å². The van der Waals surface area contributed by atoms with E-state index in [0.717, 1.165) is 27.7 Å². The lowest BCUT2D eigenvalue weighted by atomic mass is 9.85. The van der Waals surface area contributed by atoms with Crippen molar-refractivity contribution in [1.82, 2.24) is 4.90 Å². The van der Waals surface area contributed by atoms with Crippen molar-refractivity contribution in [3.63, 3.8) is 0 Å². The Morgan fingerprint density at radius 1 is 1.26 bits per heavy atom. The molecule has 2 N–H and O–H groups in total. The Hall–Kier alpha value is -2.00. The van der Waals surface area contributed by atoms with Crippen LogP contribution in [-0.4, -0.2) is 52.6 Å². The Bertz CT molecular complexity index is 883. The number of halogens is 1. The number of aliphatic hydroxyl groups excluding tert-OH is 1. The number of aliphatic hydroxyl groups is 1. The van der Waals surface area contributed by atoms with Crippen LogP contribution in [0.5, 0.6) is 11.5 Å². The summed E-state index contributed by atoms with van der Waals surface area (Å²) in [5.74, 6) is 1.45. The molecule has 1 aliphatic rings. The zero-order valence-electron chi connectivity index (χ0n) is 18.1. The topological polar surface area (TPSA) is 79.2 Å². The molecule has 1 amide bonds. The summed E-state index contributed by atoms with van der Waals surface area (Å²) in [6, 6.07) is 15.3. The summed E-state index contributed by atoms with van der Waals surface area (Å²) in [6.45, 7) is 6.05. The van der Waals surface area contributed by atoms with Gasteiger partial charge in [-0.05, 0) is 71.3 Å². The summed E-state index contributed by atoms with van der Waals surface area (Å²) in [5, 5.41) is 20.7. The number of para-hydroxylation sites is 1. The van der Waals surface area contributed by atoms with Gasteiger partial charge in [-0.25, -0.2) is 4.79 Å². The van der Waals surface area contributed by atoms with Crippen molar-refractivity contribution in [2.45, 2.75) is 51.9 Å². The van der Waals surface area contributed by atoms with Crippen LogP contribution < -0.4 is 9.47 Å². The summed E-state index contributed by atoms with van der Waals surface area (Å²) >= 11 is 2.27. The third kappa shape index (κ3) is 6.49. The average molecular weight is 539 g/mol. The zero-order chi connectivity index (χ0) is 22.6. The molecule has 168 valence electrons. The van der Waals surface area contributed by atoms with E-state index < -0.39 is 23.7 Å². The van der Waals surface area contributed by atoms with Crippen LogP contribution in [-0.2, 0) is 6.42 Å². The second-order valence-electron chi connectivity index (χ2n) is 9.00. The van der Waals surface area contributed by atoms with Crippen LogP contribution in [0.25, 0.3) is 0 Å². The molecule has 2 aromatic rings. The zero-order valence-corrected chi connectivity index (χ0v) is 20.3. The Morgan fingerprint density at radius 2 is 1.97 bits per heavy atom. The normalized spacial score (nSPS) is 17.8. The third-order valence-electron chi connectivity index (χ3n) is 5.36. The maximum atomic E-state index is 11.9. The summed E-state index contributed by atoms with van der Waals surface area (Å²) in [6.07, 6.45) is -1.33. The Morgan fingerprint density at radius 3 is 2.61 bits per heavy atom. The lowest BCUT2D eigenvalue weighted by Gasteiger charge is -2.37. The van der Waals surface area contributed by atoms with E-state index >= 15 is 0 Å². The largest absolute Gasteiger partial charge is 0.488 e. The van der Waals surface area contributed by atoms with E-state index in [-0.39, 0.29) is 19.2 Å². The van der Waals surface area contributed by atoms with Crippen molar-refractivity contribution in [1.29, 1.82) is 0 Å². The summed E-state index contributed by atoms with van der Waals surface area (Å²) in [7, 11) is 0. The molecule has 0 bridgehead atoms. The number of ether oxygens (including phenoxy) is 2. The molecule has 0 saturated carbocycles. The number of hydrogen-bond donors (Lipinski definition) is 2. The monoisotopic (exact) mass is 539 g/mol. The molecule has 0 saturated heterocycles. The first kappa shape index (κ1) is 23.7. The number of aryl methyl sites for hydroxylation is 1. The van der Waals surface area contributed by atoms with Crippen molar-refractivity contribution in [2.75, 3.05) is 13.1 Å². The van der Waals surface area contributed by atoms with Gasteiger partial charge < -0.3 is 24.6 Å². The highest BCUT2D eigenvalue weighted by Gasteiger charge is 2.36. The van der Waals surface area contributed by atoms with E-state index in [1.54, 1.807) is 0 Å². The summed E-state index contributed by atoms with van der Waals surface area (Å²) in [4.78, 5) is 13.2. The van der Waals surface area contributed by atoms with Crippen molar-refractivity contribution in [3.05, 3.63) is 57.7 Å². The predicted molar refractivity (Wildman–Crippen MR) is 128 cm³/mol. The molecule has 0 spiro atoms. The van der Waals surface area contributed by atoms with E-state index in [1.807, 2.05) is 63.2 Å². The minimum absolute atomic E-state index is 0.0521. The smallest absolute Gasteiger partial charge is 0.407 e. The number of benzene rings is 2. The van der Waals surface area contributed by atoms with Crippen molar-refractivity contribution in [2.24, 2.45) is 5.41 Å². The van der Waals surface area contributed by atoms with Gasteiger partial charge in [-0.15, -0.1) is 0 Å². The molecule has 3 rings (SSSR count). The first-order chi connectivity index (χ1) is 14.6. The van der Waals surface area contributed by atoms with Gasteiger partial charge in [0.15, 0.2) is 0 Å². The van der Waals surface area contributed by atoms with Crippen LogP contribution >= 0.6 is 22.6 Å². The van der Waals surface area contributed by atoms with Crippen LogP contribution in [0, 0.1) is 8.99 Å². The Balaban J connectivity index is 1.68. The van der Waals surface area contributed by atoms with Gasteiger partial charge in [-0.2, -0.15) is 0 Å². The summed E-state index contributed by atoms with van der Waals surface area (Å²) < 4.78 is 13.3. The van der Waals surface area contributed by atoms with Gasteiger partial charge in [-0.3, -0.25) is 0 Å². The molecule has 0 aliphatic carbocycles. The van der Waals surface area contributed by atoms with E-state index in [9.17, 15) is 15.0 Å². The molecule has 31 heavy (non-hydrogen) atoms. The van der Waals surface area contributed by atoms with E-state index in [1.165, 1.54) is 4.90 Å². The van der Waals surface area contributed by atoms with Gasteiger partial charge in [0, 0.05) is 8.99 Å². The minimum atomic E-state index is -1.08. The van der Waals surface area contributed by atoms with Crippen LogP contribution in [0.2, 0.25) is 0 Å². The molecule has 0 aromatic heterocycles. The molecule has 2 aromatic carbocycles. The van der Waals surface area contributed by atoms with Gasteiger partial charge >= 0.3 is 6.09 Å². The van der Waals surface area contributed by atoms with Crippen LogP contribution in [0.4, 0.5) is 4.79 Å². The number of rotatable bonds is 7. The minimum Gasteiger partial charge on any atom is -0.488 e. The third-order valence-corrected chi connectivity index (χ3v) is 6.03. The quantitative estimate of drug-likeness (QED) is 0.494.